The van der Waals surface area contributed by atoms with Crippen molar-refractivity contribution in [2.45, 2.75) is 13.0 Å². The van der Waals surface area contributed by atoms with Crippen LogP contribution in [0.1, 0.15) is 18.5 Å². The van der Waals surface area contributed by atoms with Crippen molar-refractivity contribution in [1.82, 2.24) is 9.80 Å². The molecule has 2 heterocycles. The van der Waals surface area contributed by atoms with Gasteiger partial charge in [-0.2, -0.15) is 0 Å². The molecular formula is C33H34Cl2N4O6. The molecule has 1 fully saturated rings. The van der Waals surface area contributed by atoms with Crippen LogP contribution in [0.5, 0.6) is 5.75 Å². The number of fused-ring (bicyclic) bond motifs is 1. The predicted molar refractivity (Wildman–Crippen MR) is 174 cm³/mol. The number of allylic oxidation sites excluding steroid dienone is 1. The van der Waals surface area contributed by atoms with Gasteiger partial charge in [-0.15, -0.1) is 0 Å². The number of nitrogens with zero attached hydrogens (tertiary/aromatic N) is 3. The number of hydrogen-bond acceptors (Lipinski definition) is 7. The van der Waals surface area contributed by atoms with Gasteiger partial charge in [-0.3, -0.25) is 24.7 Å². The number of hydrogen-bond donors (Lipinski definition) is 1. The maximum atomic E-state index is 13.8. The van der Waals surface area contributed by atoms with E-state index in [-0.39, 0.29) is 36.0 Å². The zero-order valence-electron chi connectivity index (χ0n) is 25.1. The summed E-state index contributed by atoms with van der Waals surface area (Å²) in [6.45, 7) is 8.15. The van der Waals surface area contributed by atoms with Crippen molar-refractivity contribution in [2.75, 3.05) is 63.3 Å². The maximum Gasteiger partial charge on any atom is 0.416 e. The molecule has 0 aromatic heterocycles. The van der Waals surface area contributed by atoms with E-state index in [0.717, 1.165) is 29.8 Å². The highest BCUT2D eigenvalue weighted by molar-refractivity contribution is 6.42. The Morgan fingerprint density at radius 1 is 1.02 bits per heavy atom. The molecule has 0 aliphatic carbocycles. The Bertz CT molecular complexity index is 1580. The second-order valence-electron chi connectivity index (χ2n) is 10.9. The lowest BCUT2D eigenvalue weighted by Crippen LogP contribution is -2.48. The van der Waals surface area contributed by atoms with Gasteiger partial charge in [-0.05, 0) is 41.8 Å². The van der Waals surface area contributed by atoms with Crippen molar-refractivity contribution >= 4 is 52.5 Å². The van der Waals surface area contributed by atoms with E-state index in [1.54, 1.807) is 43.1 Å². The Morgan fingerprint density at radius 3 is 2.29 bits per heavy atom. The van der Waals surface area contributed by atoms with Gasteiger partial charge in [0, 0.05) is 38.4 Å². The number of anilines is 2. The number of halogens is 2. The number of amides is 3. The van der Waals surface area contributed by atoms with Crippen LogP contribution in [0.4, 0.5) is 16.2 Å². The number of likely N-dealkylation sites (N-methyl/N-ethyl adjacent to an activating group) is 1. The summed E-state index contributed by atoms with van der Waals surface area (Å²) in [5, 5.41) is 3.23. The fraction of sp³-hybridized carbons (Fsp3) is 0.303. The number of nitrogens with one attached hydrogen (secondary N) is 1. The smallest absolute Gasteiger partial charge is 0.416 e. The molecule has 1 atom stereocenters. The van der Waals surface area contributed by atoms with Crippen molar-refractivity contribution in [3.05, 3.63) is 88.6 Å². The maximum absolute atomic E-state index is 13.8. The molecule has 1 unspecified atom stereocenters. The van der Waals surface area contributed by atoms with E-state index < -0.39 is 6.09 Å². The highest BCUT2D eigenvalue weighted by Crippen LogP contribution is 2.39. The molecule has 0 saturated carbocycles. The Kier molecular flexibility index (Phi) is 10.3. The van der Waals surface area contributed by atoms with Crippen molar-refractivity contribution in [3.63, 3.8) is 0 Å². The summed E-state index contributed by atoms with van der Waals surface area (Å²) in [4.78, 5) is 43.9. The highest BCUT2D eigenvalue weighted by atomic mass is 35.5. The first-order chi connectivity index (χ1) is 21.6. The van der Waals surface area contributed by atoms with Crippen LogP contribution >= 0.6 is 23.2 Å². The number of carbonyl (C=O) groups excluding carboxylic acids is 3. The van der Waals surface area contributed by atoms with Crippen molar-refractivity contribution < 1.29 is 28.6 Å². The van der Waals surface area contributed by atoms with Crippen LogP contribution in [0.15, 0.2) is 73.0 Å². The molecule has 2 aliphatic rings. The molecule has 45 heavy (non-hydrogen) atoms. The quantitative estimate of drug-likeness (QED) is 0.283. The number of ether oxygens (including phenoxy) is 3. The first-order valence-electron chi connectivity index (χ1n) is 14.4. The lowest BCUT2D eigenvalue weighted by molar-refractivity contribution is -0.133. The van der Waals surface area contributed by atoms with Crippen molar-refractivity contribution in [2.24, 2.45) is 0 Å². The standard InChI is InChI=1S/C33H34Cl2N4O6/c1-21(2)45-33(42)36-25-10-8-23(9-11-25)22-4-6-24(7-5-22)29(18-38-12-14-43-15-13-38)37(3)31(40)19-39-28-16-26(34)27(35)17-30(28)44-20-32(39)41/h4-11,16-17,29H,1,12-15,18-20H2,2-3H3,(H,36,42). The molecule has 3 aromatic rings. The fourth-order valence-corrected chi connectivity index (χ4v) is 5.53. The minimum absolute atomic E-state index is 0.179. The summed E-state index contributed by atoms with van der Waals surface area (Å²) >= 11 is 12.4. The zero-order chi connectivity index (χ0) is 32.1. The molecule has 236 valence electrons. The molecule has 5 rings (SSSR count). The normalized spacial score (nSPS) is 15.5. The van der Waals surface area contributed by atoms with Gasteiger partial charge < -0.3 is 19.1 Å². The van der Waals surface area contributed by atoms with Crippen LogP contribution in [0.2, 0.25) is 10.0 Å². The van der Waals surface area contributed by atoms with Gasteiger partial charge in [0.1, 0.15) is 12.3 Å². The monoisotopic (exact) mass is 652 g/mol. The number of rotatable bonds is 9. The van der Waals surface area contributed by atoms with E-state index in [1.807, 2.05) is 36.4 Å². The first kappa shape index (κ1) is 32.3. The van der Waals surface area contributed by atoms with Gasteiger partial charge in [0.2, 0.25) is 5.91 Å². The molecule has 3 aromatic carbocycles. The molecular weight excluding hydrogens is 619 g/mol. The third-order valence-electron chi connectivity index (χ3n) is 7.66. The average molecular weight is 654 g/mol. The zero-order valence-corrected chi connectivity index (χ0v) is 26.6. The summed E-state index contributed by atoms with van der Waals surface area (Å²) < 4.78 is 16.0. The molecule has 0 radical (unpaired) electrons. The molecule has 10 nitrogen and oxygen atoms in total. The van der Waals surface area contributed by atoms with E-state index in [2.05, 4.69) is 16.8 Å². The van der Waals surface area contributed by atoms with Crippen LogP contribution < -0.4 is 15.0 Å². The van der Waals surface area contributed by atoms with E-state index >= 15 is 0 Å². The summed E-state index contributed by atoms with van der Waals surface area (Å²) in [5.74, 6) is 0.123. The number of carbonyl (C=O) groups is 3. The first-order valence-corrected chi connectivity index (χ1v) is 15.2. The second kappa shape index (κ2) is 14.3. The van der Waals surface area contributed by atoms with Crippen molar-refractivity contribution in [3.8, 4) is 16.9 Å². The van der Waals surface area contributed by atoms with Crippen LogP contribution in [0.3, 0.4) is 0 Å². The van der Waals surface area contributed by atoms with Gasteiger partial charge in [-0.1, -0.05) is 66.2 Å². The van der Waals surface area contributed by atoms with Crippen LogP contribution in [-0.4, -0.2) is 80.8 Å². The third-order valence-corrected chi connectivity index (χ3v) is 8.38. The average Bonchev–Trinajstić information content (AvgIpc) is 3.02. The lowest BCUT2D eigenvalue weighted by atomic mass is 9.99. The molecule has 12 heteroatoms. The molecule has 2 aliphatic heterocycles. The van der Waals surface area contributed by atoms with Gasteiger partial charge in [-0.25, -0.2) is 4.79 Å². The number of benzene rings is 3. The van der Waals surface area contributed by atoms with E-state index in [0.29, 0.717) is 47.7 Å². The summed E-state index contributed by atoms with van der Waals surface area (Å²) in [6.07, 6.45) is -0.597. The molecule has 1 N–H and O–H groups in total. The van der Waals surface area contributed by atoms with Crippen LogP contribution in [0.25, 0.3) is 11.1 Å². The Balaban J connectivity index is 1.34. The van der Waals surface area contributed by atoms with Crippen LogP contribution in [-0.2, 0) is 19.1 Å². The Hall–Kier alpha value is -4.09. The van der Waals surface area contributed by atoms with E-state index in [4.69, 9.17) is 37.4 Å². The highest BCUT2D eigenvalue weighted by Gasteiger charge is 2.32. The Labute approximate surface area is 272 Å². The third kappa shape index (κ3) is 7.96. The fourth-order valence-electron chi connectivity index (χ4n) is 5.22. The molecule has 0 spiro atoms. The minimum Gasteiger partial charge on any atom is -0.482 e. The summed E-state index contributed by atoms with van der Waals surface area (Å²) in [6, 6.07) is 18.2. The van der Waals surface area contributed by atoms with Gasteiger partial charge >= 0.3 is 6.09 Å². The summed E-state index contributed by atoms with van der Waals surface area (Å²) in [5.41, 5.74) is 3.88. The Morgan fingerprint density at radius 2 is 1.64 bits per heavy atom. The molecule has 0 bridgehead atoms. The molecule has 3 amide bonds. The largest absolute Gasteiger partial charge is 0.482 e. The minimum atomic E-state index is -0.597. The van der Waals surface area contributed by atoms with E-state index in [9.17, 15) is 14.4 Å². The van der Waals surface area contributed by atoms with Gasteiger partial charge in [0.25, 0.3) is 5.91 Å². The van der Waals surface area contributed by atoms with E-state index in [1.165, 1.54) is 4.90 Å². The predicted octanol–water partition coefficient (Wildman–Crippen LogP) is 6.00. The van der Waals surface area contributed by atoms with Crippen molar-refractivity contribution in [1.29, 1.82) is 0 Å². The van der Waals surface area contributed by atoms with Gasteiger partial charge in [0.15, 0.2) is 6.61 Å². The lowest BCUT2D eigenvalue weighted by Gasteiger charge is -2.37. The summed E-state index contributed by atoms with van der Waals surface area (Å²) in [7, 11) is 1.76. The molecule has 1 saturated heterocycles. The second-order valence-corrected chi connectivity index (χ2v) is 11.7. The number of morpholine rings is 1. The van der Waals surface area contributed by atoms with Gasteiger partial charge in [0.05, 0.1) is 40.7 Å². The topological polar surface area (TPSA) is 101 Å². The SMILES string of the molecule is C=C(C)OC(=O)Nc1ccc(-c2ccc(C(CN3CCOCC3)N(C)C(=O)CN3C(=O)COc4cc(Cl)c(Cl)cc43)cc2)cc1. The van der Waals surface area contributed by atoms with Crippen LogP contribution in [0, 0.1) is 0 Å².